The van der Waals surface area contributed by atoms with Crippen molar-refractivity contribution in [2.45, 2.75) is 87.7 Å². The van der Waals surface area contributed by atoms with E-state index in [0.717, 1.165) is 19.3 Å². The van der Waals surface area contributed by atoms with Crippen LogP contribution in [0.4, 0.5) is 0 Å². The van der Waals surface area contributed by atoms with E-state index in [4.69, 9.17) is 4.74 Å². The van der Waals surface area contributed by atoms with E-state index in [0.29, 0.717) is 17.8 Å². The van der Waals surface area contributed by atoms with E-state index in [1.165, 1.54) is 32.1 Å². The van der Waals surface area contributed by atoms with Gasteiger partial charge < -0.3 is 4.74 Å². The lowest BCUT2D eigenvalue weighted by Crippen LogP contribution is -2.60. The molecule has 144 valence electrons. The molecule has 0 spiro atoms. The molecule has 0 N–H and O–H groups in total. The van der Waals surface area contributed by atoms with Crippen LogP contribution >= 0.6 is 31.9 Å². The normalized spacial score (nSPS) is 47.6. The van der Waals surface area contributed by atoms with Gasteiger partial charge in [-0.2, -0.15) is 0 Å². The predicted molar refractivity (Wildman–Crippen MR) is 110 cm³/mol. The summed E-state index contributed by atoms with van der Waals surface area (Å²) in [5.74, 6) is 1.83. The van der Waals surface area contributed by atoms with Crippen LogP contribution in [0.2, 0.25) is 0 Å². The minimum Gasteiger partial charge on any atom is -0.469 e. The number of alkyl halides is 2. The van der Waals surface area contributed by atoms with Gasteiger partial charge in [-0.25, -0.2) is 0 Å². The van der Waals surface area contributed by atoms with E-state index in [9.17, 15) is 4.79 Å². The van der Waals surface area contributed by atoms with Crippen molar-refractivity contribution in [2.24, 2.45) is 28.6 Å². The molecule has 0 bridgehead atoms. The van der Waals surface area contributed by atoms with Crippen molar-refractivity contribution < 1.29 is 9.53 Å². The highest BCUT2D eigenvalue weighted by molar-refractivity contribution is 9.10. The number of methoxy groups -OCH3 is 1. The molecule has 0 radical (unpaired) electrons. The molecule has 0 heterocycles. The lowest BCUT2D eigenvalue weighted by molar-refractivity contribution is -0.173. The summed E-state index contributed by atoms with van der Waals surface area (Å²) < 4.78 is 5.69. The fourth-order valence-electron chi connectivity index (χ4n) is 6.90. The van der Waals surface area contributed by atoms with Gasteiger partial charge in [0.25, 0.3) is 0 Å². The summed E-state index contributed by atoms with van der Waals surface area (Å²) in [6.45, 7) is 9.29. The van der Waals surface area contributed by atoms with Gasteiger partial charge in [0.15, 0.2) is 0 Å². The van der Waals surface area contributed by atoms with E-state index in [2.05, 4.69) is 59.6 Å². The summed E-state index contributed by atoms with van der Waals surface area (Å²) >= 11 is 8.19. The number of carbonyl (C=O) groups excluding carboxylic acids is 1. The predicted octanol–water partition coefficient (Wildman–Crippen LogP) is 6.49. The van der Waals surface area contributed by atoms with Crippen LogP contribution in [0.15, 0.2) is 0 Å². The maximum atomic E-state index is 12.7. The molecule has 2 nitrogen and oxygen atoms in total. The van der Waals surface area contributed by atoms with Gasteiger partial charge in [-0.05, 0) is 88.9 Å². The molecule has 0 aromatic heterocycles. The van der Waals surface area contributed by atoms with Crippen LogP contribution in [0.1, 0.15) is 79.1 Å². The molecule has 25 heavy (non-hydrogen) atoms. The van der Waals surface area contributed by atoms with E-state index in [1.807, 2.05) is 0 Å². The Balaban J connectivity index is 1.92. The lowest BCUT2D eigenvalue weighted by atomic mass is 9.43. The maximum absolute atomic E-state index is 12.7. The SMILES string of the molecule is COC(=O)[C@]1(C)CCC[C@@]2(C)[C@H]1CCC1(Br)CC(C(C)(C)Br)CC[C@@H]12. The largest absolute Gasteiger partial charge is 0.469 e. The molecule has 3 rings (SSSR count). The van der Waals surface area contributed by atoms with Gasteiger partial charge in [-0.3, -0.25) is 4.79 Å². The number of rotatable bonds is 2. The Bertz CT molecular complexity index is 543. The molecule has 0 amide bonds. The fraction of sp³-hybridized carbons (Fsp3) is 0.952. The molecule has 0 saturated heterocycles. The average molecular weight is 478 g/mol. The number of hydrogen-bond donors (Lipinski definition) is 0. The van der Waals surface area contributed by atoms with Crippen LogP contribution in [-0.4, -0.2) is 21.7 Å². The van der Waals surface area contributed by atoms with Gasteiger partial charge in [0.05, 0.1) is 12.5 Å². The molecule has 0 aromatic rings. The molecule has 0 aromatic carbocycles. The maximum Gasteiger partial charge on any atom is 0.311 e. The van der Waals surface area contributed by atoms with E-state index < -0.39 is 0 Å². The molecular weight excluding hydrogens is 444 g/mol. The van der Waals surface area contributed by atoms with Crippen molar-refractivity contribution in [3.63, 3.8) is 0 Å². The summed E-state index contributed by atoms with van der Waals surface area (Å²) in [6.07, 6.45) is 9.51. The lowest BCUT2D eigenvalue weighted by Gasteiger charge is -2.64. The van der Waals surface area contributed by atoms with Gasteiger partial charge in [0, 0.05) is 8.65 Å². The molecular formula is C21H34Br2O2. The topological polar surface area (TPSA) is 26.3 Å². The number of esters is 1. The molecule has 4 heteroatoms. The van der Waals surface area contributed by atoms with Crippen molar-refractivity contribution in [1.82, 2.24) is 0 Å². The van der Waals surface area contributed by atoms with Crippen molar-refractivity contribution in [2.75, 3.05) is 7.11 Å². The summed E-state index contributed by atoms with van der Waals surface area (Å²) in [5, 5.41) is 0. The van der Waals surface area contributed by atoms with E-state index in [1.54, 1.807) is 7.11 Å². The van der Waals surface area contributed by atoms with Crippen LogP contribution in [0.5, 0.6) is 0 Å². The van der Waals surface area contributed by atoms with Gasteiger partial charge in [0.1, 0.15) is 0 Å². The third kappa shape index (κ3) is 3.15. The summed E-state index contributed by atoms with van der Waals surface area (Å²) in [7, 11) is 1.56. The Hall–Kier alpha value is 0.430. The zero-order valence-electron chi connectivity index (χ0n) is 16.5. The van der Waals surface area contributed by atoms with Gasteiger partial charge in [-0.1, -0.05) is 45.2 Å². The monoisotopic (exact) mass is 476 g/mol. The van der Waals surface area contributed by atoms with Gasteiger partial charge in [0.2, 0.25) is 0 Å². The Morgan fingerprint density at radius 2 is 1.76 bits per heavy atom. The number of hydrogen-bond acceptors (Lipinski definition) is 2. The van der Waals surface area contributed by atoms with Crippen LogP contribution in [0.25, 0.3) is 0 Å². The highest BCUT2D eigenvalue weighted by Crippen LogP contribution is 2.68. The van der Waals surface area contributed by atoms with Crippen molar-refractivity contribution in [3.8, 4) is 0 Å². The third-order valence-corrected chi connectivity index (χ3v) is 10.2. The first-order valence-corrected chi connectivity index (χ1v) is 11.5. The van der Waals surface area contributed by atoms with Gasteiger partial charge >= 0.3 is 5.97 Å². The molecule has 3 aliphatic carbocycles. The number of ether oxygens (including phenoxy) is 1. The molecule has 3 saturated carbocycles. The smallest absolute Gasteiger partial charge is 0.311 e. The van der Waals surface area contributed by atoms with Crippen molar-refractivity contribution in [3.05, 3.63) is 0 Å². The molecule has 3 fully saturated rings. The van der Waals surface area contributed by atoms with Crippen LogP contribution < -0.4 is 0 Å². The second-order valence-corrected chi connectivity index (χ2v) is 13.6. The summed E-state index contributed by atoms with van der Waals surface area (Å²) in [4.78, 5) is 12.7. The summed E-state index contributed by atoms with van der Waals surface area (Å²) in [6, 6.07) is 0. The third-order valence-electron chi connectivity index (χ3n) is 8.26. The molecule has 6 atom stereocenters. The first kappa shape index (κ1) is 20.2. The number of halogens is 2. The second kappa shape index (κ2) is 6.50. The standard InChI is InChI=1S/C21H34Br2O2/c1-18(2,22)14-7-8-16-19(3)10-6-11-20(4,17(24)25-5)15(19)9-12-21(16,23)13-14/h14-16H,6-13H2,1-5H3/t14?,15-,16-,19+,20-,21?/m1/s1. The van der Waals surface area contributed by atoms with Crippen LogP contribution in [-0.2, 0) is 9.53 Å². The second-order valence-electron chi connectivity index (χ2n) is 9.99. The molecule has 3 aliphatic rings. The number of fused-ring (bicyclic) bond motifs is 3. The highest BCUT2D eigenvalue weighted by atomic mass is 79.9. The van der Waals surface area contributed by atoms with Crippen LogP contribution in [0.3, 0.4) is 0 Å². The number of carbonyl (C=O) groups is 1. The average Bonchev–Trinajstić information content (AvgIpc) is 2.52. The van der Waals surface area contributed by atoms with Gasteiger partial charge in [-0.15, -0.1) is 0 Å². The summed E-state index contributed by atoms with van der Waals surface area (Å²) in [5.41, 5.74) is -0.0635. The minimum absolute atomic E-state index is 0.0146. The first-order valence-electron chi connectivity index (χ1n) is 9.94. The zero-order valence-corrected chi connectivity index (χ0v) is 19.6. The van der Waals surface area contributed by atoms with E-state index >= 15 is 0 Å². The van der Waals surface area contributed by atoms with Crippen molar-refractivity contribution in [1.29, 1.82) is 0 Å². The Labute approximate surface area is 170 Å². The van der Waals surface area contributed by atoms with Crippen LogP contribution in [0, 0.1) is 28.6 Å². The van der Waals surface area contributed by atoms with E-state index in [-0.39, 0.29) is 25.4 Å². The molecule has 0 aliphatic heterocycles. The molecule has 2 unspecified atom stereocenters. The first-order chi connectivity index (χ1) is 11.5. The Kier molecular flexibility index (Phi) is 5.24. The fourth-order valence-corrected chi connectivity index (χ4v) is 8.67. The van der Waals surface area contributed by atoms with Crippen molar-refractivity contribution >= 4 is 37.8 Å². The Morgan fingerprint density at radius 1 is 1.08 bits per heavy atom. The Morgan fingerprint density at radius 3 is 2.36 bits per heavy atom. The zero-order chi connectivity index (χ0) is 18.7. The quantitative estimate of drug-likeness (QED) is 0.335. The minimum atomic E-state index is -0.304. The highest BCUT2D eigenvalue weighted by Gasteiger charge is 2.63.